The predicted octanol–water partition coefficient (Wildman–Crippen LogP) is 0.0521. The second-order valence-electron chi connectivity index (χ2n) is 5.40. The van der Waals surface area contributed by atoms with E-state index in [1.807, 2.05) is 16.7 Å². The zero-order chi connectivity index (χ0) is 13.1. The highest BCUT2D eigenvalue weighted by atomic mass is 16.2. The summed E-state index contributed by atoms with van der Waals surface area (Å²) in [5.41, 5.74) is 5.48. The maximum Gasteiger partial charge on any atom is 0.225 e. The van der Waals surface area contributed by atoms with Crippen LogP contribution in [0, 0.1) is 11.8 Å². The number of nitrogens with zero attached hydrogens (tertiary/aromatic N) is 2. The molecule has 0 bridgehead atoms. The largest absolute Gasteiger partial charge is 0.339 e. The fraction of sp³-hybridized carbons (Fsp3) is 0.846. The van der Waals surface area contributed by atoms with Crippen molar-refractivity contribution in [3.63, 3.8) is 0 Å². The lowest BCUT2D eigenvalue weighted by molar-refractivity contribution is -0.142. The number of carbonyl (C=O) groups excluding carboxylic acids is 2. The Morgan fingerprint density at radius 3 is 2.22 bits per heavy atom. The van der Waals surface area contributed by atoms with Crippen molar-refractivity contribution in [1.29, 1.82) is 0 Å². The summed E-state index contributed by atoms with van der Waals surface area (Å²) in [6, 6.07) is 0. The number of hydrogen-bond donors (Lipinski definition) is 1. The van der Waals surface area contributed by atoms with Gasteiger partial charge in [0.25, 0.3) is 0 Å². The van der Waals surface area contributed by atoms with Gasteiger partial charge in [0.2, 0.25) is 11.8 Å². The summed E-state index contributed by atoms with van der Waals surface area (Å²) >= 11 is 0. The van der Waals surface area contributed by atoms with Crippen LogP contribution in [0.2, 0.25) is 0 Å². The highest BCUT2D eigenvalue weighted by Crippen LogP contribution is 2.31. The molecule has 1 atom stereocenters. The Morgan fingerprint density at radius 2 is 1.72 bits per heavy atom. The Labute approximate surface area is 108 Å². The van der Waals surface area contributed by atoms with Crippen molar-refractivity contribution in [2.24, 2.45) is 17.6 Å². The van der Waals surface area contributed by atoms with E-state index in [1.54, 1.807) is 0 Å². The van der Waals surface area contributed by atoms with Gasteiger partial charge in [-0.3, -0.25) is 9.59 Å². The molecule has 0 aromatic heterocycles. The third-order valence-corrected chi connectivity index (χ3v) is 3.85. The standard InChI is InChI=1S/C13H23N3O2/c1-10(4-5-14)12(17)15-6-8-16(9-7-15)13(18)11-2-3-11/h10-11H,2-9,14H2,1H3. The van der Waals surface area contributed by atoms with E-state index in [0.717, 1.165) is 19.3 Å². The Kier molecular flexibility index (Phi) is 4.22. The predicted molar refractivity (Wildman–Crippen MR) is 68.7 cm³/mol. The minimum atomic E-state index is 0.000633. The van der Waals surface area contributed by atoms with Gasteiger partial charge in [-0.1, -0.05) is 6.92 Å². The first-order chi connectivity index (χ1) is 8.63. The highest BCUT2D eigenvalue weighted by Gasteiger charge is 2.35. The Morgan fingerprint density at radius 1 is 1.17 bits per heavy atom. The van der Waals surface area contributed by atoms with E-state index in [0.29, 0.717) is 32.7 Å². The van der Waals surface area contributed by atoms with Crippen molar-refractivity contribution in [3.8, 4) is 0 Å². The summed E-state index contributed by atoms with van der Waals surface area (Å²) in [4.78, 5) is 27.7. The van der Waals surface area contributed by atoms with Crippen molar-refractivity contribution >= 4 is 11.8 Å². The van der Waals surface area contributed by atoms with Crippen molar-refractivity contribution in [3.05, 3.63) is 0 Å². The number of hydrogen-bond acceptors (Lipinski definition) is 3. The number of rotatable bonds is 4. The van der Waals surface area contributed by atoms with Crippen LogP contribution in [-0.4, -0.2) is 54.3 Å². The molecule has 5 heteroatoms. The molecule has 1 saturated heterocycles. The molecule has 2 rings (SSSR count). The summed E-state index contributed by atoms with van der Waals surface area (Å²) < 4.78 is 0. The number of amides is 2. The molecule has 5 nitrogen and oxygen atoms in total. The smallest absolute Gasteiger partial charge is 0.225 e. The summed E-state index contributed by atoms with van der Waals surface area (Å²) in [6.07, 6.45) is 2.83. The monoisotopic (exact) mass is 253 g/mol. The van der Waals surface area contributed by atoms with Gasteiger partial charge in [0.1, 0.15) is 0 Å². The fourth-order valence-corrected chi connectivity index (χ4v) is 2.42. The molecule has 1 heterocycles. The molecule has 1 saturated carbocycles. The molecule has 0 aromatic carbocycles. The molecular weight excluding hydrogens is 230 g/mol. The third kappa shape index (κ3) is 3.02. The van der Waals surface area contributed by atoms with Gasteiger partial charge < -0.3 is 15.5 Å². The van der Waals surface area contributed by atoms with E-state index in [1.165, 1.54) is 0 Å². The van der Waals surface area contributed by atoms with Crippen LogP contribution >= 0.6 is 0 Å². The van der Waals surface area contributed by atoms with Gasteiger partial charge in [-0.05, 0) is 25.8 Å². The highest BCUT2D eigenvalue weighted by molar-refractivity contribution is 5.82. The molecule has 0 radical (unpaired) electrons. The van der Waals surface area contributed by atoms with Gasteiger partial charge in [-0.15, -0.1) is 0 Å². The summed E-state index contributed by atoms with van der Waals surface area (Å²) in [5, 5.41) is 0. The van der Waals surface area contributed by atoms with Gasteiger partial charge >= 0.3 is 0 Å². The van der Waals surface area contributed by atoms with Crippen LogP contribution in [0.5, 0.6) is 0 Å². The number of nitrogens with two attached hydrogens (primary N) is 1. The zero-order valence-electron chi connectivity index (χ0n) is 11.1. The van der Waals surface area contributed by atoms with Crippen molar-refractivity contribution < 1.29 is 9.59 Å². The fourth-order valence-electron chi connectivity index (χ4n) is 2.42. The maximum absolute atomic E-state index is 12.1. The van der Waals surface area contributed by atoms with Gasteiger partial charge in [0.05, 0.1) is 0 Å². The molecule has 0 aromatic rings. The minimum absolute atomic E-state index is 0.000633. The Bertz CT molecular complexity index is 320. The number of piperazine rings is 1. The lowest BCUT2D eigenvalue weighted by Gasteiger charge is -2.36. The molecule has 18 heavy (non-hydrogen) atoms. The molecule has 0 spiro atoms. The van der Waals surface area contributed by atoms with Crippen LogP contribution in [0.15, 0.2) is 0 Å². The van der Waals surface area contributed by atoms with Crippen LogP contribution in [0.4, 0.5) is 0 Å². The summed E-state index contributed by atoms with van der Waals surface area (Å²) in [7, 11) is 0. The number of carbonyl (C=O) groups is 2. The van der Waals surface area contributed by atoms with Crippen molar-refractivity contribution in [2.75, 3.05) is 32.7 Å². The first kappa shape index (κ1) is 13.3. The SMILES string of the molecule is CC(CCN)C(=O)N1CCN(C(=O)C2CC2)CC1. The lowest BCUT2D eigenvalue weighted by atomic mass is 10.1. The lowest BCUT2D eigenvalue weighted by Crippen LogP contribution is -2.52. The molecule has 102 valence electrons. The van der Waals surface area contributed by atoms with Crippen LogP contribution in [0.25, 0.3) is 0 Å². The Hall–Kier alpha value is -1.10. The molecule has 2 N–H and O–H groups in total. The zero-order valence-corrected chi connectivity index (χ0v) is 11.1. The average molecular weight is 253 g/mol. The Balaban J connectivity index is 1.78. The summed E-state index contributed by atoms with van der Waals surface area (Å²) in [5.74, 6) is 0.750. The van der Waals surface area contributed by atoms with E-state index in [9.17, 15) is 9.59 Å². The molecule has 2 fully saturated rings. The van der Waals surface area contributed by atoms with Crippen LogP contribution < -0.4 is 5.73 Å². The summed E-state index contributed by atoms with van der Waals surface area (Å²) in [6.45, 7) is 5.20. The van der Waals surface area contributed by atoms with E-state index >= 15 is 0 Å². The van der Waals surface area contributed by atoms with E-state index in [2.05, 4.69) is 0 Å². The maximum atomic E-state index is 12.1. The van der Waals surface area contributed by atoms with Gasteiger partial charge in [-0.2, -0.15) is 0 Å². The van der Waals surface area contributed by atoms with E-state index < -0.39 is 0 Å². The first-order valence-corrected chi connectivity index (χ1v) is 6.91. The van der Waals surface area contributed by atoms with Crippen molar-refractivity contribution in [2.45, 2.75) is 26.2 Å². The van der Waals surface area contributed by atoms with E-state index in [-0.39, 0.29) is 23.7 Å². The van der Waals surface area contributed by atoms with Crippen LogP contribution in [0.3, 0.4) is 0 Å². The molecule has 2 amide bonds. The molecule has 1 aliphatic heterocycles. The second kappa shape index (κ2) is 5.69. The minimum Gasteiger partial charge on any atom is -0.339 e. The molecule has 1 aliphatic carbocycles. The molecule has 1 unspecified atom stereocenters. The van der Waals surface area contributed by atoms with Crippen molar-refractivity contribution in [1.82, 2.24) is 9.80 Å². The average Bonchev–Trinajstić information content (AvgIpc) is 3.22. The van der Waals surface area contributed by atoms with Crippen LogP contribution in [0.1, 0.15) is 26.2 Å². The molecular formula is C13H23N3O2. The van der Waals surface area contributed by atoms with E-state index in [4.69, 9.17) is 5.73 Å². The van der Waals surface area contributed by atoms with Gasteiger partial charge in [0.15, 0.2) is 0 Å². The topological polar surface area (TPSA) is 66.6 Å². The molecule has 2 aliphatic rings. The third-order valence-electron chi connectivity index (χ3n) is 3.85. The van der Waals surface area contributed by atoms with Gasteiger partial charge in [0, 0.05) is 38.0 Å². The van der Waals surface area contributed by atoms with Gasteiger partial charge in [-0.25, -0.2) is 0 Å². The normalized spacial score (nSPS) is 21.9. The first-order valence-electron chi connectivity index (χ1n) is 6.91. The second-order valence-corrected chi connectivity index (χ2v) is 5.40. The quantitative estimate of drug-likeness (QED) is 0.770. The van der Waals surface area contributed by atoms with Crippen LogP contribution in [-0.2, 0) is 9.59 Å².